The molecule has 0 radical (unpaired) electrons. The highest BCUT2D eigenvalue weighted by Gasteiger charge is 2.60. The van der Waals surface area contributed by atoms with Gasteiger partial charge in [0.05, 0.1) is 0 Å². The number of imide groups is 1. The minimum Gasteiger partial charge on any atom is -0.508 e. The molecule has 10 heteroatoms. The second-order valence-electron chi connectivity index (χ2n) is 10.6. The minimum absolute atomic E-state index is 0.0140. The number of phenolic OH excluding ortho intramolecular Hbond substituents is 1. The number of carbonyl (C=O) groups excluding carboxylic acids is 2. The second kappa shape index (κ2) is 9.90. The van der Waals surface area contributed by atoms with E-state index in [0.717, 1.165) is 12.1 Å². The number of aromatic nitrogens is 1. The zero-order chi connectivity index (χ0) is 27.2. The maximum absolute atomic E-state index is 13.8. The Morgan fingerprint density at radius 3 is 2.71 bits per heavy atom. The van der Waals surface area contributed by atoms with Gasteiger partial charge in [-0.3, -0.25) is 14.6 Å². The zero-order valence-corrected chi connectivity index (χ0v) is 21.6. The van der Waals surface area contributed by atoms with Crippen LogP contribution in [0.25, 0.3) is 10.9 Å². The van der Waals surface area contributed by atoms with Crippen molar-refractivity contribution in [2.75, 3.05) is 19.6 Å². The van der Waals surface area contributed by atoms with Gasteiger partial charge in [-0.15, -0.1) is 0 Å². The summed E-state index contributed by atoms with van der Waals surface area (Å²) in [6.45, 7) is 4.82. The Hall–Kier alpha value is -3.66. The minimum atomic E-state index is -2.96. The van der Waals surface area contributed by atoms with Gasteiger partial charge in [-0.1, -0.05) is 26.0 Å². The van der Waals surface area contributed by atoms with E-state index in [-0.39, 0.29) is 36.4 Å². The maximum Gasteiger partial charge on any atom is 0.387 e. The van der Waals surface area contributed by atoms with Crippen molar-refractivity contribution < 1.29 is 28.2 Å². The fraction of sp³-hybridized carbons (Fsp3) is 0.429. The lowest BCUT2D eigenvalue weighted by Gasteiger charge is -2.42. The fourth-order valence-electron chi connectivity index (χ4n) is 5.66. The van der Waals surface area contributed by atoms with Crippen LogP contribution >= 0.6 is 0 Å². The van der Waals surface area contributed by atoms with Crippen LogP contribution in [0.3, 0.4) is 0 Å². The predicted octanol–water partition coefficient (Wildman–Crippen LogP) is 4.78. The normalized spacial score (nSPS) is 21.1. The van der Waals surface area contributed by atoms with Gasteiger partial charge >= 0.3 is 12.6 Å². The monoisotopic (exact) mass is 526 g/mol. The third-order valence-electron chi connectivity index (χ3n) is 7.34. The van der Waals surface area contributed by atoms with Gasteiger partial charge in [-0.05, 0) is 73.8 Å². The van der Waals surface area contributed by atoms with Crippen LogP contribution in [-0.2, 0) is 11.2 Å². The fourth-order valence-corrected chi connectivity index (χ4v) is 5.66. The van der Waals surface area contributed by atoms with Crippen molar-refractivity contribution in [3.8, 4) is 11.5 Å². The molecular weight excluding hydrogens is 494 g/mol. The Bertz CT molecular complexity index is 1370. The van der Waals surface area contributed by atoms with Crippen LogP contribution in [0, 0.1) is 5.92 Å². The number of urea groups is 1. The quantitative estimate of drug-likeness (QED) is 0.275. The van der Waals surface area contributed by atoms with Crippen molar-refractivity contribution in [3.05, 3.63) is 59.3 Å². The topological polar surface area (TPSA) is 97.9 Å². The van der Waals surface area contributed by atoms with Gasteiger partial charge < -0.3 is 20.1 Å². The number of ether oxygens (including phenoxy) is 1. The number of nitrogens with zero attached hydrogens (tertiary/aromatic N) is 2. The van der Waals surface area contributed by atoms with E-state index in [4.69, 9.17) is 0 Å². The lowest BCUT2D eigenvalue weighted by Crippen LogP contribution is -2.53. The van der Waals surface area contributed by atoms with Crippen LogP contribution in [0.1, 0.15) is 50.1 Å². The van der Waals surface area contributed by atoms with Crippen molar-refractivity contribution in [3.63, 3.8) is 0 Å². The number of hydrogen-bond acceptors (Lipinski definition) is 5. The number of nitrogens with one attached hydrogen (secondary N) is 2. The molecule has 2 aliphatic heterocycles. The maximum atomic E-state index is 13.8. The standard InChI is InChI=1S/C28H32F2N4O4/c1-16(2)15-31-10-5-11-33-25(36)28(3)14-21-20-13-19(38-26(29)30)8-9-22(20)32-23(21)24(34(28)27(33)37)17-6-4-7-18(35)12-17/h4,6-9,12-13,16,24,26,31-32,35H,5,10-11,14-15H2,1-3H3/t24-,28+/m1/s1. The summed E-state index contributed by atoms with van der Waals surface area (Å²) < 4.78 is 30.5. The number of amides is 3. The van der Waals surface area contributed by atoms with E-state index < -0.39 is 18.2 Å². The average Bonchev–Trinajstić information content (AvgIpc) is 3.29. The number of hydrogen-bond donors (Lipinski definition) is 3. The smallest absolute Gasteiger partial charge is 0.387 e. The molecule has 202 valence electrons. The predicted molar refractivity (Wildman–Crippen MR) is 138 cm³/mol. The summed E-state index contributed by atoms with van der Waals surface area (Å²) >= 11 is 0. The van der Waals surface area contributed by atoms with Gasteiger partial charge in [0.2, 0.25) is 0 Å². The van der Waals surface area contributed by atoms with Gasteiger partial charge in [-0.2, -0.15) is 8.78 Å². The molecule has 1 fully saturated rings. The number of alkyl halides is 2. The molecule has 3 N–H and O–H groups in total. The van der Waals surface area contributed by atoms with E-state index in [1.807, 2.05) is 0 Å². The highest BCUT2D eigenvalue weighted by molar-refractivity contribution is 6.08. The number of phenols is 1. The lowest BCUT2D eigenvalue weighted by molar-refractivity contribution is -0.133. The van der Waals surface area contributed by atoms with Crippen LogP contribution in [-0.4, -0.2) is 63.6 Å². The van der Waals surface area contributed by atoms with E-state index in [2.05, 4.69) is 28.9 Å². The van der Waals surface area contributed by atoms with Crippen molar-refractivity contribution in [2.24, 2.45) is 5.92 Å². The van der Waals surface area contributed by atoms with Crippen molar-refractivity contribution in [2.45, 2.75) is 51.8 Å². The van der Waals surface area contributed by atoms with Crippen LogP contribution in [0.15, 0.2) is 42.5 Å². The first-order valence-electron chi connectivity index (χ1n) is 12.8. The van der Waals surface area contributed by atoms with Gasteiger partial charge in [0.25, 0.3) is 5.91 Å². The molecule has 1 saturated heterocycles. The molecule has 38 heavy (non-hydrogen) atoms. The van der Waals surface area contributed by atoms with E-state index in [1.54, 1.807) is 42.2 Å². The Morgan fingerprint density at radius 1 is 1.21 bits per heavy atom. The highest BCUT2D eigenvalue weighted by Crippen LogP contribution is 2.49. The SMILES string of the molecule is CC(C)CNCCCN1C(=O)N2[C@H](c3cccc(O)c3)c3[nH]c4ccc(OC(F)F)cc4c3C[C@@]2(C)C1=O. The lowest BCUT2D eigenvalue weighted by atomic mass is 9.81. The Kier molecular flexibility index (Phi) is 6.77. The molecular formula is C28H32F2N4O4. The van der Waals surface area contributed by atoms with Crippen molar-refractivity contribution in [1.29, 1.82) is 0 Å². The summed E-state index contributed by atoms with van der Waals surface area (Å²) in [4.78, 5) is 33.9. The summed E-state index contributed by atoms with van der Waals surface area (Å²) in [6, 6.07) is 10.2. The van der Waals surface area contributed by atoms with Crippen molar-refractivity contribution >= 4 is 22.8 Å². The van der Waals surface area contributed by atoms with Crippen LogP contribution in [0.5, 0.6) is 11.5 Å². The van der Waals surface area contributed by atoms with Gasteiger partial charge in [0, 0.05) is 29.6 Å². The number of H-pyrrole nitrogens is 1. The zero-order valence-electron chi connectivity index (χ0n) is 21.6. The number of benzene rings is 2. The molecule has 0 unspecified atom stereocenters. The third-order valence-corrected chi connectivity index (χ3v) is 7.34. The summed E-state index contributed by atoms with van der Waals surface area (Å²) in [6.07, 6.45) is 0.829. The number of aromatic amines is 1. The Morgan fingerprint density at radius 2 is 2.00 bits per heavy atom. The van der Waals surface area contributed by atoms with Crippen molar-refractivity contribution in [1.82, 2.24) is 20.1 Å². The molecule has 2 atom stereocenters. The number of halogens is 2. The first kappa shape index (κ1) is 26.0. The van der Waals surface area contributed by atoms with Crippen LogP contribution < -0.4 is 10.1 Å². The molecule has 0 aliphatic carbocycles. The summed E-state index contributed by atoms with van der Waals surface area (Å²) in [5, 5.41) is 14.2. The van der Waals surface area contributed by atoms with E-state index >= 15 is 0 Å². The first-order valence-corrected chi connectivity index (χ1v) is 12.8. The molecule has 3 amide bonds. The van der Waals surface area contributed by atoms with E-state index in [1.165, 1.54) is 17.0 Å². The summed E-state index contributed by atoms with van der Waals surface area (Å²) in [5.41, 5.74) is 1.56. The first-order chi connectivity index (χ1) is 18.1. The molecule has 3 aromatic rings. The molecule has 0 bridgehead atoms. The molecule has 1 aromatic heterocycles. The van der Waals surface area contributed by atoms with Crippen LogP contribution in [0.2, 0.25) is 0 Å². The van der Waals surface area contributed by atoms with Gasteiger partial charge in [-0.25, -0.2) is 4.79 Å². The van der Waals surface area contributed by atoms with E-state index in [0.29, 0.717) is 41.0 Å². The number of rotatable bonds is 9. The van der Waals surface area contributed by atoms with Gasteiger partial charge in [0.1, 0.15) is 23.1 Å². The van der Waals surface area contributed by atoms with Crippen LogP contribution in [0.4, 0.5) is 13.6 Å². The molecule has 8 nitrogen and oxygen atoms in total. The Labute approximate surface area is 219 Å². The molecule has 2 aromatic carbocycles. The number of aromatic hydroxyl groups is 1. The number of fused-ring (bicyclic) bond motifs is 4. The molecule has 3 heterocycles. The highest BCUT2D eigenvalue weighted by atomic mass is 19.3. The molecule has 5 rings (SSSR count). The number of carbonyl (C=O) groups is 2. The molecule has 0 saturated carbocycles. The molecule has 0 spiro atoms. The summed E-state index contributed by atoms with van der Waals surface area (Å²) in [5.74, 6) is 0.249. The average molecular weight is 527 g/mol. The largest absolute Gasteiger partial charge is 0.508 e. The second-order valence-corrected chi connectivity index (χ2v) is 10.6. The third kappa shape index (κ3) is 4.47. The van der Waals surface area contributed by atoms with E-state index in [9.17, 15) is 23.5 Å². The van der Waals surface area contributed by atoms with Gasteiger partial charge in [0.15, 0.2) is 0 Å². The Balaban J connectivity index is 1.56. The molecule has 2 aliphatic rings. The summed E-state index contributed by atoms with van der Waals surface area (Å²) in [7, 11) is 0.